The minimum absolute atomic E-state index is 0. The fourth-order valence-electron chi connectivity index (χ4n) is 3.14. The highest BCUT2D eigenvalue weighted by molar-refractivity contribution is 14.0. The molecule has 0 unspecified atom stereocenters. The van der Waals surface area contributed by atoms with Crippen LogP contribution in [0.25, 0.3) is 0 Å². The van der Waals surface area contributed by atoms with Gasteiger partial charge in [-0.2, -0.15) is 0 Å². The van der Waals surface area contributed by atoms with Crippen molar-refractivity contribution < 1.29 is 9.53 Å². The zero-order valence-electron chi connectivity index (χ0n) is 16.3. The summed E-state index contributed by atoms with van der Waals surface area (Å²) in [7, 11) is 1.98. The van der Waals surface area contributed by atoms with Crippen molar-refractivity contribution in [2.45, 2.75) is 26.2 Å². The van der Waals surface area contributed by atoms with Gasteiger partial charge in [-0.05, 0) is 43.7 Å². The molecule has 1 fully saturated rings. The van der Waals surface area contributed by atoms with E-state index in [1.807, 2.05) is 42.0 Å². The standard InChI is InChI=1S/C20H30N4O2.HI/c1-3-21-20(23(2)12-13-26-15-16-8-9-16)22-14-19(25)24-11-10-17-6-4-5-7-18(17)24;/h4-7,16H,3,8-15H2,1-2H3,(H,21,22);1H. The average molecular weight is 486 g/mol. The molecule has 1 N–H and O–H groups in total. The Bertz CT molecular complexity index is 649. The number of para-hydroxylation sites is 1. The third-order valence-corrected chi connectivity index (χ3v) is 4.87. The lowest BCUT2D eigenvalue weighted by molar-refractivity contribution is -0.117. The van der Waals surface area contributed by atoms with E-state index in [-0.39, 0.29) is 36.4 Å². The fraction of sp³-hybridized carbons (Fsp3) is 0.600. The van der Waals surface area contributed by atoms with Crippen molar-refractivity contribution in [3.05, 3.63) is 29.8 Å². The molecule has 1 aliphatic carbocycles. The largest absolute Gasteiger partial charge is 0.379 e. The zero-order chi connectivity index (χ0) is 18.4. The third kappa shape index (κ3) is 6.34. The summed E-state index contributed by atoms with van der Waals surface area (Å²) < 4.78 is 5.70. The highest BCUT2D eigenvalue weighted by atomic mass is 127. The van der Waals surface area contributed by atoms with Gasteiger partial charge in [0.15, 0.2) is 5.96 Å². The number of hydrogen-bond donors (Lipinski definition) is 1. The number of halogens is 1. The number of hydrogen-bond acceptors (Lipinski definition) is 3. The maximum Gasteiger partial charge on any atom is 0.248 e. The van der Waals surface area contributed by atoms with E-state index in [1.54, 1.807) is 0 Å². The number of nitrogens with one attached hydrogen (secondary N) is 1. The van der Waals surface area contributed by atoms with Gasteiger partial charge in [-0.1, -0.05) is 18.2 Å². The Hall–Kier alpha value is -1.35. The first-order valence-electron chi connectivity index (χ1n) is 9.64. The maximum atomic E-state index is 12.6. The van der Waals surface area contributed by atoms with Gasteiger partial charge in [0, 0.05) is 39.0 Å². The van der Waals surface area contributed by atoms with Gasteiger partial charge in [-0.3, -0.25) is 4.79 Å². The molecule has 2 aliphatic rings. The second kappa shape index (κ2) is 10.8. The first kappa shape index (κ1) is 21.9. The van der Waals surface area contributed by atoms with Crippen LogP contribution in [0.15, 0.2) is 29.3 Å². The van der Waals surface area contributed by atoms with Crippen LogP contribution in [0.5, 0.6) is 0 Å². The van der Waals surface area contributed by atoms with Crippen molar-refractivity contribution in [2.75, 3.05) is 51.3 Å². The summed E-state index contributed by atoms with van der Waals surface area (Å²) >= 11 is 0. The molecular formula is C20H31IN4O2. The number of likely N-dealkylation sites (N-methyl/N-ethyl adjacent to an activating group) is 1. The van der Waals surface area contributed by atoms with Gasteiger partial charge in [0.2, 0.25) is 5.91 Å². The number of carbonyl (C=O) groups is 1. The molecule has 0 aromatic heterocycles. The monoisotopic (exact) mass is 486 g/mol. The van der Waals surface area contributed by atoms with Crippen molar-refractivity contribution in [2.24, 2.45) is 10.9 Å². The van der Waals surface area contributed by atoms with Crippen LogP contribution in [0.4, 0.5) is 5.69 Å². The predicted molar refractivity (Wildman–Crippen MR) is 120 cm³/mol. The quantitative estimate of drug-likeness (QED) is 0.266. The van der Waals surface area contributed by atoms with E-state index in [0.29, 0.717) is 6.61 Å². The lowest BCUT2D eigenvalue weighted by Gasteiger charge is -2.22. The van der Waals surface area contributed by atoms with E-state index in [0.717, 1.165) is 50.2 Å². The van der Waals surface area contributed by atoms with Crippen molar-refractivity contribution in [3.8, 4) is 0 Å². The van der Waals surface area contributed by atoms with Crippen LogP contribution in [0, 0.1) is 5.92 Å². The predicted octanol–water partition coefficient (Wildman–Crippen LogP) is 2.52. The summed E-state index contributed by atoms with van der Waals surface area (Å²) in [6, 6.07) is 8.10. The zero-order valence-corrected chi connectivity index (χ0v) is 18.6. The number of amides is 1. The minimum atomic E-state index is 0. The Morgan fingerprint density at radius 1 is 1.37 bits per heavy atom. The van der Waals surface area contributed by atoms with Gasteiger partial charge >= 0.3 is 0 Å². The number of carbonyl (C=O) groups excluding carboxylic acids is 1. The van der Waals surface area contributed by atoms with Crippen LogP contribution in [-0.4, -0.2) is 63.2 Å². The molecule has 0 atom stereocenters. The van der Waals surface area contributed by atoms with Crippen LogP contribution in [0.3, 0.4) is 0 Å². The Kier molecular flexibility index (Phi) is 8.82. The topological polar surface area (TPSA) is 57.2 Å². The summed E-state index contributed by atoms with van der Waals surface area (Å²) in [5, 5.41) is 3.26. The number of nitrogens with zero attached hydrogens (tertiary/aromatic N) is 3. The number of rotatable bonds is 8. The molecule has 27 heavy (non-hydrogen) atoms. The molecular weight excluding hydrogens is 455 g/mol. The molecule has 1 saturated carbocycles. The summed E-state index contributed by atoms with van der Waals surface area (Å²) in [4.78, 5) is 21.0. The summed E-state index contributed by atoms with van der Waals surface area (Å²) in [5.41, 5.74) is 2.26. The van der Waals surface area contributed by atoms with E-state index in [9.17, 15) is 4.79 Å². The Morgan fingerprint density at radius 3 is 2.89 bits per heavy atom. The van der Waals surface area contributed by atoms with Gasteiger partial charge in [0.25, 0.3) is 0 Å². The summed E-state index contributed by atoms with van der Waals surface area (Å²) in [6.07, 6.45) is 3.54. The van der Waals surface area contributed by atoms with Crippen molar-refractivity contribution in [1.82, 2.24) is 10.2 Å². The molecule has 1 aromatic carbocycles. The van der Waals surface area contributed by atoms with Gasteiger partial charge in [-0.25, -0.2) is 4.99 Å². The second-order valence-corrected chi connectivity index (χ2v) is 7.03. The van der Waals surface area contributed by atoms with E-state index < -0.39 is 0 Å². The lowest BCUT2D eigenvalue weighted by Crippen LogP contribution is -2.41. The maximum absolute atomic E-state index is 12.6. The SMILES string of the molecule is CCNC(=NCC(=O)N1CCc2ccccc21)N(C)CCOCC1CC1.I. The third-order valence-electron chi connectivity index (χ3n) is 4.87. The van der Waals surface area contributed by atoms with Gasteiger partial charge in [0.1, 0.15) is 6.54 Å². The minimum Gasteiger partial charge on any atom is -0.379 e. The van der Waals surface area contributed by atoms with Crippen molar-refractivity contribution in [1.29, 1.82) is 0 Å². The number of aliphatic imine (C=N–C) groups is 1. The van der Waals surface area contributed by atoms with E-state index in [2.05, 4.69) is 16.4 Å². The number of fused-ring (bicyclic) bond motifs is 1. The molecule has 7 heteroatoms. The first-order chi connectivity index (χ1) is 12.7. The molecule has 1 aromatic rings. The molecule has 1 aliphatic heterocycles. The average Bonchev–Trinajstić information content (AvgIpc) is 3.38. The fourth-order valence-corrected chi connectivity index (χ4v) is 3.14. The molecule has 0 spiro atoms. The van der Waals surface area contributed by atoms with Crippen molar-refractivity contribution >= 4 is 41.5 Å². The number of benzene rings is 1. The smallest absolute Gasteiger partial charge is 0.248 e. The Morgan fingerprint density at radius 2 is 2.15 bits per heavy atom. The van der Waals surface area contributed by atoms with Crippen LogP contribution >= 0.6 is 24.0 Å². The van der Waals surface area contributed by atoms with Gasteiger partial charge in [0.05, 0.1) is 6.61 Å². The van der Waals surface area contributed by atoms with Gasteiger partial charge in [-0.15, -0.1) is 24.0 Å². The summed E-state index contributed by atoms with van der Waals surface area (Å²) in [6.45, 7) is 6.02. The Balaban J connectivity index is 0.00000261. The van der Waals surface area contributed by atoms with Crippen LogP contribution < -0.4 is 10.2 Å². The normalized spacial score (nSPS) is 15.9. The molecule has 0 bridgehead atoms. The highest BCUT2D eigenvalue weighted by Crippen LogP contribution is 2.28. The van der Waals surface area contributed by atoms with Crippen LogP contribution in [-0.2, 0) is 16.0 Å². The number of ether oxygens (including phenoxy) is 1. The van der Waals surface area contributed by atoms with E-state index in [1.165, 1.54) is 18.4 Å². The number of anilines is 1. The molecule has 150 valence electrons. The first-order valence-corrected chi connectivity index (χ1v) is 9.64. The Labute approximate surface area is 179 Å². The molecule has 0 saturated heterocycles. The molecule has 3 rings (SSSR count). The van der Waals surface area contributed by atoms with E-state index >= 15 is 0 Å². The number of guanidine groups is 1. The highest BCUT2D eigenvalue weighted by Gasteiger charge is 2.24. The molecule has 1 heterocycles. The van der Waals surface area contributed by atoms with Crippen LogP contribution in [0.2, 0.25) is 0 Å². The second-order valence-electron chi connectivity index (χ2n) is 7.03. The molecule has 6 nitrogen and oxygen atoms in total. The molecule has 1 amide bonds. The van der Waals surface area contributed by atoms with Crippen molar-refractivity contribution in [3.63, 3.8) is 0 Å². The summed E-state index contributed by atoms with van der Waals surface area (Å²) in [5.74, 6) is 1.58. The molecule has 0 radical (unpaired) electrons. The van der Waals surface area contributed by atoms with Crippen LogP contribution in [0.1, 0.15) is 25.3 Å². The lowest BCUT2D eigenvalue weighted by atomic mass is 10.2. The van der Waals surface area contributed by atoms with Gasteiger partial charge < -0.3 is 19.9 Å². The van der Waals surface area contributed by atoms with E-state index in [4.69, 9.17) is 4.74 Å².